The highest BCUT2D eigenvalue weighted by molar-refractivity contribution is 7.99. The van der Waals surface area contributed by atoms with Crippen molar-refractivity contribution in [3.63, 3.8) is 0 Å². The molecular formula is C11H15ClN2O2S2. The first-order valence-corrected chi connectivity index (χ1v) is 8.63. The summed E-state index contributed by atoms with van der Waals surface area (Å²) in [5.41, 5.74) is 5.97. The fourth-order valence-electron chi connectivity index (χ4n) is 1.78. The van der Waals surface area contributed by atoms with Gasteiger partial charge in [0.25, 0.3) is 0 Å². The van der Waals surface area contributed by atoms with Crippen molar-refractivity contribution in [1.82, 2.24) is 4.72 Å². The largest absolute Gasteiger partial charge is 0.399 e. The van der Waals surface area contributed by atoms with E-state index in [9.17, 15) is 8.42 Å². The molecule has 1 aliphatic heterocycles. The van der Waals surface area contributed by atoms with Gasteiger partial charge in [-0.25, -0.2) is 13.1 Å². The number of nitrogens with one attached hydrogen (secondary N) is 1. The van der Waals surface area contributed by atoms with Crippen LogP contribution >= 0.6 is 23.4 Å². The number of hydrogen-bond donors (Lipinski definition) is 2. The van der Waals surface area contributed by atoms with E-state index in [1.165, 1.54) is 12.1 Å². The molecule has 1 fully saturated rings. The Labute approximate surface area is 116 Å². The first-order chi connectivity index (χ1) is 8.49. The van der Waals surface area contributed by atoms with Gasteiger partial charge in [-0.2, -0.15) is 11.8 Å². The van der Waals surface area contributed by atoms with Gasteiger partial charge in [-0.3, -0.25) is 0 Å². The van der Waals surface area contributed by atoms with E-state index in [1.807, 2.05) is 11.8 Å². The van der Waals surface area contributed by atoms with Gasteiger partial charge >= 0.3 is 0 Å². The molecule has 0 amide bonds. The Hall–Kier alpha value is -0.430. The van der Waals surface area contributed by atoms with E-state index in [2.05, 4.69) is 4.72 Å². The number of halogens is 1. The van der Waals surface area contributed by atoms with E-state index in [0.717, 1.165) is 17.9 Å². The summed E-state index contributed by atoms with van der Waals surface area (Å²) < 4.78 is 26.8. The van der Waals surface area contributed by atoms with Crippen molar-refractivity contribution >= 4 is 39.1 Å². The lowest BCUT2D eigenvalue weighted by atomic mass is 10.1. The Balaban J connectivity index is 2.12. The Bertz CT molecular complexity index is 528. The van der Waals surface area contributed by atoms with E-state index in [0.29, 0.717) is 18.2 Å². The maximum atomic E-state index is 12.1. The maximum absolute atomic E-state index is 12.1. The normalized spacial score (nSPS) is 20.2. The van der Waals surface area contributed by atoms with Gasteiger partial charge in [-0.05, 0) is 42.0 Å². The average Bonchev–Trinajstić information content (AvgIpc) is 2.83. The maximum Gasteiger partial charge on any atom is 0.242 e. The quantitative estimate of drug-likeness (QED) is 0.834. The molecule has 4 nitrogen and oxygen atoms in total. The molecule has 1 atom stereocenters. The van der Waals surface area contributed by atoms with Gasteiger partial charge in [0.15, 0.2) is 0 Å². The molecule has 1 aromatic rings. The third kappa shape index (κ3) is 3.32. The van der Waals surface area contributed by atoms with Crippen LogP contribution in [0.15, 0.2) is 23.1 Å². The van der Waals surface area contributed by atoms with E-state index >= 15 is 0 Å². The van der Waals surface area contributed by atoms with Crippen LogP contribution in [0.5, 0.6) is 0 Å². The zero-order valence-electron chi connectivity index (χ0n) is 9.73. The molecule has 0 saturated carbocycles. The molecule has 0 bridgehead atoms. The third-order valence-electron chi connectivity index (χ3n) is 2.83. The number of sulfonamides is 1. The van der Waals surface area contributed by atoms with Crippen LogP contribution in [0.1, 0.15) is 6.42 Å². The first kappa shape index (κ1) is 14.0. The highest BCUT2D eigenvalue weighted by Gasteiger charge is 2.22. The summed E-state index contributed by atoms with van der Waals surface area (Å²) in [7, 11) is -3.57. The Morgan fingerprint density at radius 2 is 2.28 bits per heavy atom. The van der Waals surface area contributed by atoms with Crippen molar-refractivity contribution in [2.75, 3.05) is 23.8 Å². The van der Waals surface area contributed by atoms with Crippen molar-refractivity contribution in [3.8, 4) is 0 Å². The standard InChI is InChI=1S/C11H15ClN2O2S2/c12-10-2-1-9(13)5-11(10)18(15,16)14-6-8-3-4-17-7-8/h1-2,5,8,14H,3-4,6-7,13H2. The molecule has 7 heteroatoms. The zero-order valence-corrected chi connectivity index (χ0v) is 12.1. The van der Waals surface area contributed by atoms with Crippen LogP contribution in [-0.2, 0) is 10.0 Å². The minimum Gasteiger partial charge on any atom is -0.399 e. The summed E-state index contributed by atoms with van der Waals surface area (Å²) >= 11 is 7.75. The second-order valence-electron chi connectivity index (χ2n) is 4.27. The van der Waals surface area contributed by atoms with Gasteiger partial charge in [0, 0.05) is 12.2 Å². The van der Waals surface area contributed by atoms with Gasteiger partial charge < -0.3 is 5.73 Å². The van der Waals surface area contributed by atoms with Crippen LogP contribution in [0, 0.1) is 5.92 Å². The number of hydrogen-bond acceptors (Lipinski definition) is 4. The van der Waals surface area contributed by atoms with E-state index < -0.39 is 10.0 Å². The Kier molecular flexibility index (Phi) is 4.42. The predicted molar refractivity (Wildman–Crippen MR) is 76.5 cm³/mol. The second-order valence-corrected chi connectivity index (χ2v) is 7.56. The van der Waals surface area contributed by atoms with E-state index in [-0.39, 0.29) is 9.92 Å². The minimum atomic E-state index is -3.57. The molecule has 2 rings (SSSR count). The summed E-state index contributed by atoms with van der Waals surface area (Å²) in [5.74, 6) is 2.52. The van der Waals surface area contributed by atoms with Gasteiger partial charge in [0.05, 0.1) is 5.02 Å². The lowest BCUT2D eigenvalue weighted by molar-refractivity contribution is 0.546. The number of anilines is 1. The second kappa shape index (κ2) is 5.69. The van der Waals surface area contributed by atoms with Crippen LogP contribution in [0.4, 0.5) is 5.69 Å². The number of rotatable bonds is 4. The molecule has 18 heavy (non-hydrogen) atoms. The van der Waals surface area contributed by atoms with Gasteiger partial charge in [0.2, 0.25) is 10.0 Å². The summed E-state index contributed by atoms with van der Waals surface area (Å²) in [6, 6.07) is 4.46. The molecule has 0 radical (unpaired) electrons. The zero-order chi connectivity index (χ0) is 13.2. The monoisotopic (exact) mass is 306 g/mol. The smallest absolute Gasteiger partial charge is 0.242 e. The van der Waals surface area contributed by atoms with Crippen molar-refractivity contribution < 1.29 is 8.42 Å². The number of thioether (sulfide) groups is 1. The van der Waals surface area contributed by atoms with Crippen LogP contribution in [0.2, 0.25) is 5.02 Å². The molecule has 3 N–H and O–H groups in total. The van der Waals surface area contributed by atoms with Crippen molar-refractivity contribution in [2.24, 2.45) is 5.92 Å². The highest BCUT2D eigenvalue weighted by Crippen LogP contribution is 2.25. The fraction of sp³-hybridized carbons (Fsp3) is 0.455. The molecule has 100 valence electrons. The van der Waals surface area contributed by atoms with E-state index in [4.69, 9.17) is 17.3 Å². The lowest BCUT2D eigenvalue weighted by Crippen LogP contribution is -2.29. The van der Waals surface area contributed by atoms with Gasteiger partial charge in [0.1, 0.15) is 4.90 Å². The van der Waals surface area contributed by atoms with Gasteiger partial charge in [-0.15, -0.1) is 0 Å². The average molecular weight is 307 g/mol. The Morgan fingerprint density at radius 3 is 2.94 bits per heavy atom. The fourth-order valence-corrected chi connectivity index (χ4v) is 4.71. The van der Waals surface area contributed by atoms with E-state index in [1.54, 1.807) is 6.07 Å². The first-order valence-electron chi connectivity index (χ1n) is 5.61. The number of benzene rings is 1. The molecule has 0 aliphatic carbocycles. The molecule has 1 heterocycles. The molecule has 1 aliphatic rings. The SMILES string of the molecule is Nc1ccc(Cl)c(S(=O)(=O)NCC2CCSC2)c1. The summed E-state index contributed by atoms with van der Waals surface area (Å²) in [5, 5.41) is 0.192. The molecular weight excluding hydrogens is 292 g/mol. The third-order valence-corrected chi connectivity index (χ3v) is 5.97. The van der Waals surface area contributed by atoms with Crippen LogP contribution in [0.3, 0.4) is 0 Å². The van der Waals surface area contributed by atoms with Crippen molar-refractivity contribution in [1.29, 1.82) is 0 Å². The highest BCUT2D eigenvalue weighted by atomic mass is 35.5. The molecule has 1 aromatic carbocycles. The summed E-state index contributed by atoms with van der Waals surface area (Å²) in [4.78, 5) is 0.0508. The number of nitrogens with two attached hydrogens (primary N) is 1. The topological polar surface area (TPSA) is 72.2 Å². The molecule has 0 spiro atoms. The number of nitrogen functional groups attached to an aromatic ring is 1. The Morgan fingerprint density at radius 1 is 1.50 bits per heavy atom. The van der Waals surface area contributed by atoms with Crippen molar-refractivity contribution in [3.05, 3.63) is 23.2 Å². The minimum absolute atomic E-state index is 0.0508. The summed E-state index contributed by atoms with van der Waals surface area (Å²) in [6.45, 7) is 0.459. The van der Waals surface area contributed by atoms with Crippen LogP contribution < -0.4 is 10.5 Å². The summed E-state index contributed by atoms with van der Waals surface area (Å²) in [6.07, 6.45) is 1.05. The van der Waals surface area contributed by atoms with Crippen LogP contribution in [0.25, 0.3) is 0 Å². The molecule has 1 unspecified atom stereocenters. The van der Waals surface area contributed by atoms with Crippen molar-refractivity contribution in [2.45, 2.75) is 11.3 Å². The lowest BCUT2D eigenvalue weighted by Gasteiger charge is -2.12. The predicted octanol–water partition coefficient (Wildman–Crippen LogP) is 1.95. The van der Waals surface area contributed by atoms with Gasteiger partial charge in [-0.1, -0.05) is 11.6 Å². The molecule has 1 saturated heterocycles. The van der Waals surface area contributed by atoms with Crippen LogP contribution in [-0.4, -0.2) is 26.5 Å². The molecule has 0 aromatic heterocycles.